The van der Waals surface area contributed by atoms with E-state index in [1.807, 2.05) is 0 Å². The zero-order valence-electron chi connectivity index (χ0n) is 12.2. The number of carbonyl (C=O) groups is 4. The molecule has 1 aromatic rings. The van der Waals surface area contributed by atoms with Crippen molar-refractivity contribution in [1.29, 1.82) is 0 Å². The highest BCUT2D eigenvalue weighted by Gasteiger charge is 2.41. The Morgan fingerprint density at radius 1 is 1.23 bits per heavy atom. The molecule has 0 N–H and O–H groups in total. The van der Waals surface area contributed by atoms with Crippen molar-refractivity contribution in [2.45, 2.75) is 26.4 Å². The molecule has 0 spiro atoms. The van der Waals surface area contributed by atoms with Crippen molar-refractivity contribution >= 4 is 29.4 Å². The Kier molecular flexibility index (Phi) is 4.55. The number of nitrogens with zero attached hydrogens (tertiary/aromatic N) is 1. The lowest BCUT2D eigenvalue weighted by Crippen LogP contribution is -2.33. The third kappa shape index (κ3) is 3.13. The summed E-state index contributed by atoms with van der Waals surface area (Å²) in [6, 6.07) is 5.87. The second kappa shape index (κ2) is 6.38. The number of benzene rings is 1. The SMILES string of the molecule is CCOC(=O)c1ccc(N2C(=O)C[C@H](OC(C)=O)C2=O)cc1. The first-order chi connectivity index (χ1) is 10.4. The average Bonchev–Trinajstić information content (AvgIpc) is 2.73. The number of anilines is 1. The monoisotopic (exact) mass is 305 g/mol. The molecular weight excluding hydrogens is 290 g/mol. The zero-order valence-corrected chi connectivity index (χ0v) is 12.2. The van der Waals surface area contributed by atoms with E-state index in [1.165, 1.54) is 31.2 Å². The van der Waals surface area contributed by atoms with Crippen LogP contribution in [0.5, 0.6) is 0 Å². The Balaban J connectivity index is 2.17. The zero-order chi connectivity index (χ0) is 16.3. The van der Waals surface area contributed by atoms with E-state index >= 15 is 0 Å². The Morgan fingerprint density at radius 3 is 2.41 bits per heavy atom. The molecule has 2 rings (SSSR count). The van der Waals surface area contributed by atoms with Gasteiger partial charge in [-0.1, -0.05) is 0 Å². The molecule has 1 aliphatic heterocycles. The lowest BCUT2D eigenvalue weighted by Gasteiger charge is -2.15. The Labute approximate surface area is 126 Å². The average molecular weight is 305 g/mol. The van der Waals surface area contributed by atoms with Crippen LogP contribution in [-0.4, -0.2) is 36.5 Å². The molecule has 7 heteroatoms. The molecule has 0 saturated carbocycles. The van der Waals surface area contributed by atoms with Crippen LogP contribution in [0.15, 0.2) is 24.3 Å². The van der Waals surface area contributed by atoms with Crippen molar-refractivity contribution in [2.24, 2.45) is 0 Å². The molecule has 0 aromatic heterocycles. The van der Waals surface area contributed by atoms with E-state index in [1.54, 1.807) is 6.92 Å². The summed E-state index contributed by atoms with van der Waals surface area (Å²) < 4.78 is 9.67. The first-order valence-corrected chi connectivity index (χ1v) is 6.75. The van der Waals surface area contributed by atoms with Crippen molar-refractivity contribution in [3.05, 3.63) is 29.8 Å². The predicted molar refractivity (Wildman–Crippen MR) is 75.1 cm³/mol. The number of rotatable bonds is 4. The van der Waals surface area contributed by atoms with Crippen LogP contribution in [0, 0.1) is 0 Å². The lowest BCUT2D eigenvalue weighted by atomic mass is 10.2. The van der Waals surface area contributed by atoms with Gasteiger partial charge in [0.2, 0.25) is 5.91 Å². The van der Waals surface area contributed by atoms with Crippen molar-refractivity contribution in [3.63, 3.8) is 0 Å². The molecule has 1 saturated heterocycles. The maximum atomic E-state index is 12.1. The summed E-state index contributed by atoms with van der Waals surface area (Å²) in [5.41, 5.74) is 0.638. The van der Waals surface area contributed by atoms with Crippen molar-refractivity contribution < 1.29 is 28.7 Å². The van der Waals surface area contributed by atoms with Crippen LogP contribution in [0.2, 0.25) is 0 Å². The van der Waals surface area contributed by atoms with Gasteiger partial charge in [-0.2, -0.15) is 0 Å². The quantitative estimate of drug-likeness (QED) is 0.610. The molecular formula is C15H15NO6. The second-order valence-electron chi connectivity index (χ2n) is 4.64. The van der Waals surface area contributed by atoms with Crippen LogP contribution in [0.3, 0.4) is 0 Å². The van der Waals surface area contributed by atoms with Crippen LogP contribution in [0.4, 0.5) is 5.69 Å². The van der Waals surface area contributed by atoms with Gasteiger partial charge in [-0.05, 0) is 31.2 Å². The molecule has 0 bridgehead atoms. The Bertz CT molecular complexity index is 621. The van der Waals surface area contributed by atoms with Crippen molar-refractivity contribution in [1.82, 2.24) is 0 Å². The van der Waals surface area contributed by atoms with E-state index in [9.17, 15) is 19.2 Å². The molecule has 0 radical (unpaired) electrons. The summed E-state index contributed by atoms with van der Waals surface area (Å²) in [5.74, 6) is -2.15. The van der Waals surface area contributed by atoms with E-state index in [2.05, 4.69) is 0 Å². The smallest absolute Gasteiger partial charge is 0.338 e. The van der Waals surface area contributed by atoms with Gasteiger partial charge in [-0.3, -0.25) is 14.4 Å². The van der Waals surface area contributed by atoms with Gasteiger partial charge in [0.15, 0.2) is 6.10 Å². The fourth-order valence-corrected chi connectivity index (χ4v) is 2.13. The summed E-state index contributed by atoms with van der Waals surface area (Å²) in [7, 11) is 0. The summed E-state index contributed by atoms with van der Waals surface area (Å²) in [6.45, 7) is 3.13. The number of imide groups is 1. The summed E-state index contributed by atoms with van der Waals surface area (Å²) in [6.07, 6.45) is -1.27. The van der Waals surface area contributed by atoms with Gasteiger partial charge in [-0.25, -0.2) is 9.69 Å². The third-order valence-corrected chi connectivity index (χ3v) is 3.05. The number of carbonyl (C=O) groups excluding carboxylic acids is 4. The normalized spacial score (nSPS) is 17.5. The number of ether oxygens (including phenoxy) is 2. The fourth-order valence-electron chi connectivity index (χ4n) is 2.13. The minimum absolute atomic E-state index is 0.182. The van der Waals surface area contributed by atoms with Crippen LogP contribution in [0.25, 0.3) is 0 Å². The molecule has 2 amide bonds. The first-order valence-electron chi connectivity index (χ1n) is 6.75. The van der Waals surface area contributed by atoms with Gasteiger partial charge < -0.3 is 9.47 Å². The maximum absolute atomic E-state index is 12.1. The van der Waals surface area contributed by atoms with E-state index in [0.29, 0.717) is 11.3 Å². The van der Waals surface area contributed by atoms with E-state index in [0.717, 1.165) is 4.90 Å². The Hall–Kier alpha value is -2.70. The number of amides is 2. The molecule has 22 heavy (non-hydrogen) atoms. The van der Waals surface area contributed by atoms with E-state index in [-0.39, 0.29) is 13.0 Å². The topological polar surface area (TPSA) is 90.0 Å². The standard InChI is InChI=1S/C15H15NO6/c1-3-21-15(20)10-4-6-11(7-5-10)16-13(18)8-12(14(16)19)22-9(2)17/h4-7,12H,3,8H2,1-2H3/t12-/m0/s1. The first kappa shape index (κ1) is 15.7. The number of hydrogen-bond donors (Lipinski definition) is 0. The van der Waals surface area contributed by atoms with Gasteiger partial charge in [0.05, 0.1) is 24.3 Å². The van der Waals surface area contributed by atoms with Crippen LogP contribution < -0.4 is 4.90 Å². The number of esters is 2. The molecule has 0 aliphatic carbocycles. The lowest BCUT2D eigenvalue weighted by molar-refractivity contribution is -0.151. The largest absolute Gasteiger partial charge is 0.462 e. The maximum Gasteiger partial charge on any atom is 0.338 e. The molecule has 1 aliphatic rings. The van der Waals surface area contributed by atoms with Gasteiger partial charge in [-0.15, -0.1) is 0 Å². The molecule has 1 atom stereocenters. The molecule has 1 aromatic carbocycles. The van der Waals surface area contributed by atoms with Gasteiger partial charge in [0.25, 0.3) is 5.91 Å². The van der Waals surface area contributed by atoms with Gasteiger partial charge in [0, 0.05) is 6.92 Å². The summed E-state index contributed by atoms with van der Waals surface area (Å²) in [5, 5.41) is 0. The van der Waals surface area contributed by atoms with E-state index < -0.39 is 29.9 Å². The highest BCUT2D eigenvalue weighted by atomic mass is 16.5. The predicted octanol–water partition coefficient (Wildman–Crippen LogP) is 1.06. The molecule has 7 nitrogen and oxygen atoms in total. The highest BCUT2D eigenvalue weighted by molar-refractivity contribution is 6.22. The molecule has 1 heterocycles. The van der Waals surface area contributed by atoms with Crippen molar-refractivity contribution in [2.75, 3.05) is 11.5 Å². The van der Waals surface area contributed by atoms with Crippen LogP contribution in [0.1, 0.15) is 30.6 Å². The minimum atomic E-state index is -1.09. The van der Waals surface area contributed by atoms with E-state index in [4.69, 9.17) is 9.47 Å². The van der Waals surface area contributed by atoms with Crippen LogP contribution in [-0.2, 0) is 23.9 Å². The summed E-state index contributed by atoms with van der Waals surface area (Å²) >= 11 is 0. The van der Waals surface area contributed by atoms with Gasteiger partial charge >= 0.3 is 11.9 Å². The molecule has 1 fully saturated rings. The van der Waals surface area contributed by atoms with Gasteiger partial charge in [0.1, 0.15) is 0 Å². The number of hydrogen-bond acceptors (Lipinski definition) is 6. The highest BCUT2D eigenvalue weighted by Crippen LogP contribution is 2.25. The Morgan fingerprint density at radius 2 is 1.86 bits per heavy atom. The second-order valence-corrected chi connectivity index (χ2v) is 4.64. The summed E-state index contributed by atoms with van der Waals surface area (Å²) in [4.78, 5) is 47.4. The molecule has 116 valence electrons. The fraction of sp³-hybridized carbons (Fsp3) is 0.333. The third-order valence-electron chi connectivity index (χ3n) is 3.05. The minimum Gasteiger partial charge on any atom is -0.462 e. The van der Waals surface area contributed by atoms with Crippen LogP contribution >= 0.6 is 0 Å². The molecule has 0 unspecified atom stereocenters. The van der Waals surface area contributed by atoms with Crippen molar-refractivity contribution in [3.8, 4) is 0 Å².